The first-order valence-electron chi connectivity index (χ1n) is 15.7. The van der Waals surface area contributed by atoms with Gasteiger partial charge in [-0.3, -0.25) is 14.4 Å². The molecule has 4 aromatic rings. The molecule has 0 bridgehead atoms. The van der Waals surface area contributed by atoms with Crippen molar-refractivity contribution in [2.75, 3.05) is 25.1 Å². The van der Waals surface area contributed by atoms with E-state index in [0.29, 0.717) is 44.1 Å². The Labute approximate surface area is 268 Å². The molecule has 0 unspecified atom stereocenters. The van der Waals surface area contributed by atoms with Gasteiger partial charge in [-0.25, -0.2) is 9.67 Å². The van der Waals surface area contributed by atoms with Gasteiger partial charge in [0.2, 0.25) is 17.7 Å². The molecule has 1 aliphatic heterocycles. The average Bonchev–Trinajstić information content (AvgIpc) is 3.59. The van der Waals surface area contributed by atoms with Gasteiger partial charge in [0.25, 0.3) is 0 Å². The van der Waals surface area contributed by atoms with Crippen molar-refractivity contribution in [3.8, 4) is 11.4 Å². The molecule has 0 spiro atoms. The lowest BCUT2D eigenvalue weighted by atomic mass is 10.0. The van der Waals surface area contributed by atoms with Gasteiger partial charge in [-0.1, -0.05) is 62.4 Å². The molecule has 2 atom stereocenters. The first-order valence-corrected chi connectivity index (χ1v) is 17.1. The minimum absolute atomic E-state index is 0.00656. The van der Waals surface area contributed by atoms with Crippen molar-refractivity contribution in [1.82, 2.24) is 35.3 Å². The van der Waals surface area contributed by atoms with E-state index >= 15 is 0 Å². The van der Waals surface area contributed by atoms with Crippen molar-refractivity contribution in [1.29, 1.82) is 0 Å². The van der Waals surface area contributed by atoms with Crippen LogP contribution in [0.3, 0.4) is 0 Å². The zero-order valence-electron chi connectivity index (χ0n) is 26.5. The van der Waals surface area contributed by atoms with E-state index in [1.54, 1.807) is 11.8 Å². The molecule has 2 aromatic heterocycles. The highest BCUT2D eigenvalue weighted by Gasteiger charge is 2.30. The number of hydrogen-bond donors (Lipinski definition) is 3. The Morgan fingerprint density at radius 1 is 1.02 bits per heavy atom. The van der Waals surface area contributed by atoms with Gasteiger partial charge in [0.05, 0.1) is 19.0 Å². The summed E-state index contributed by atoms with van der Waals surface area (Å²) in [4.78, 5) is 50.7. The summed E-state index contributed by atoms with van der Waals surface area (Å²) in [6.45, 7) is 7.26. The fourth-order valence-corrected chi connectivity index (χ4v) is 6.32. The normalized spacial score (nSPS) is 18.4. The Hall–Kier alpha value is -4.12. The Morgan fingerprint density at radius 3 is 2.53 bits per heavy atom. The molecule has 238 valence electrons. The second-order valence-corrected chi connectivity index (χ2v) is 12.9. The van der Waals surface area contributed by atoms with Crippen LogP contribution in [0.2, 0.25) is 0 Å². The molecule has 1 aliphatic rings. The number of aromatic amines is 1. The summed E-state index contributed by atoms with van der Waals surface area (Å²) in [5.41, 5.74) is 3.84. The number of benzene rings is 2. The molecule has 11 heteroatoms. The van der Waals surface area contributed by atoms with Crippen LogP contribution in [0, 0.1) is 12.8 Å². The number of nitrogens with one attached hydrogen (secondary N) is 3. The van der Waals surface area contributed by atoms with Crippen LogP contribution < -0.4 is 10.6 Å². The molecule has 2 aromatic carbocycles. The van der Waals surface area contributed by atoms with E-state index in [-0.39, 0.29) is 36.5 Å². The van der Waals surface area contributed by atoms with E-state index in [1.807, 2.05) is 91.2 Å². The van der Waals surface area contributed by atoms with Gasteiger partial charge < -0.3 is 20.5 Å². The number of aromatic nitrogens is 4. The van der Waals surface area contributed by atoms with E-state index in [0.717, 1.165) is 33.5 Å². The smallest absolute Gasteiger partial charge is 0.243 e. The SMILES string of the molecule is CSCC[C@@H]1NC(=O)CCCN(C(=O)Cc2c(C)[nH]c3ccccc23)CCn2nc(-c3ccccc3)nc2[C@@H](C(C)C)NC1=O. The van der Waals surface area contributed by atoms with Gasteiger partial charge in [0.15, 0.2) is 11.6 Å². The molecule has 0 saturated heterocycles. The predicted molar refractivity (Wildman–Crippen MR) is 179 cm³/mol. The number of amides is 3. The number of thioether (sulfide) groups is 1. The van der Waals surface area contributed by atoms with Crippen LogP contribution in [0.5, 0.6) is 0 Å². The topological polar surface area (TPSA) is 125 Å². The standard InChI is InChI=1S/C34H43N7O3S/c1-22(2)31-33-38-32(24-11-6-5-7-12-24)39-41(33)19-18-40(17-10-15-29(42)36-28(16-20-45-4)34(44)37-31)30(43)21-26-23(3)35-27-14-9-8-13-25(26)27/h5-9,11-14,22,28,31,35H,10,15-21H2,1-4H3,(H,36,42)(H,37,44)/t28-,31+/m0/s1. The second kappa shape index (κ2) is 14.8. The Bertz CT molecular complexity index is 1630. The highest BCUT2D eigenvalue weighted by atomic mass is 32.2. The van der Waals surface area contributed by atoms with Crippen LogP contribution in [-0.2, 0) is 27.3 Å². The van der Waals surface area contributed by atoms with Gasteiger partial charge >= 0.3 is 0 Å². The van der Waals surface area contributed by atoms with Crippen LogP contribution >= 0.6 is 11.8 Å². The molecular formula is C34H43N7O3S. The third kappa shape index (κ3) is 7.76. The average molecular weight is 630 g/mol. The molecule has 10 nitrogen and oxygen atoms in total. The van der Waals surface area contributed by atoms with Crippen molar-refractivity contribution in [2.45, 2.75) is 65.1 Å². The van der Waals surface area contributed by atoms with Crippen molar-refractivity contribution in [3.63, 3.8) is 0 Å². The Balaban J connectivity index is 1.49. The first kappa shape index (κ1) is 32.3. The molecule has 0 saturated carbocycles. The quantitative estimate of drug-likeness (QED) is 0.273. The number of para-hydroxylation sites is 1. The fourth-order valence-electron chi connectivity index (χ4n) is 5.85. The van der Waals surface area contributed by atoms with E-state index < -0.39 is 12.1 Å². The highest BCUT2D eigenvalue weighted by Crippen LogP contribution is 2.26. The highest BCUT2D eigenvalue weighted by molar-refractivity contribution is 7.98. The molecule has 3 amide bonds. The van der Waals surface area contributed by atoms with Gasteiger partial charge in [-0.05, 0) is 49.3 Å². The van der Waals surface area contributed by atoms with Crippen LogP contribution in [0.4, 0.5) is 0 Å². The van der Waals surface area contributed by atoms with E-state index in [2.05, 4.69) is 15.6 Å². The number of hydrogen-bond acceptors (Lipinski definition) is 6. The molecular weight excluding hydrogens is 586 g/mol. The molecule has 0 aliphatic carbocycles. The lowest BCUT2D eigenvalue weighted by Gasteiger charge is -2.28. The fraction of sp³-hybridized carbons (Fsp3) is 0.441. The first-order chi connectivity index (χ1) is 21.7. The zero-order valence-corrected chi connectivity index (χ0v) is 27.3. The van der Waals surface area contributed by atoms with E-state index in [9.17, 15) is 14.4 Å². The largest absolute Gasteiger partial charge is 0.358 e. The monoisotopic (exact) mass is 629 g/mol. The summed E-state index contributed by atoms with van der Waals surface area (Å²) in [5.74, 6) is 1.49. The van der Waals surface area contributed by atoms with E-state index in [1.165, 1.54) is 0 Å². The van der Waals surface area contributed by atoms with Crippen LogP contribution in [0.1, 0.15) is 56.2 Å². The Morgan fingerprint density at radius 2 is 1.78 bits per heavy atom. The number of aryl methyl sites for hydroxylation is 1. The number of carbonyl (C=O) groups is 3. The number of rotatable bonds is 7. The van der Waals surface area contributed by atoms with Gasteiger partial charge in [-0.2, -0.15) is 16.9 Å². The Kier molecular flexibility index (Phi) is 10.6. The molecule has 3 N–H and O–H groups in total. The summed E-state index contributed by atoms with van der Waals surface area (Å²) in [5, 5.41) is 12.1. The molecule has 45 heavy (non-hydrogen) atoms. The van der Waals surface area contributed by atoms with Crippen LogP contribution in [0.15, 0.2) is 54.6 Å². The van der Waals surface area contributed by atoms with Crippen LogP contribution in [-0.4, -0.2) is 73.5 Å². The van der Waals surface area contributed by atoms with E-state index in [4.69, 9.17) is 10.1 Å². The van der Waals surface area contributed by atoms with Crippen molar-refractivity contribution < 1.29 is 14.4 Å². The van der Waals surface area contributed by atoms with Gasteiger partial charge in [-0.15, -0.1) is 0 Å². The molecule has 5 rings (SSSR count). The van der Waals surface area contributed by atoms with Crippen molar-refractivity contribution in [3.05, 3.63) is 71.7 Å². The van der Waals surface area contributed by atoms with Crippen molar-refractivity contribution >= 4 is 40.4 Å². The zero-order chi connectivity index (χ0) is 31.9. The lowest BCUT2D eigenvalue weighted by molar-refractivity contribution is -0.131. The summed E-state index contributed by atoms with van der Waals surface area (Å²) in [7, 11) is 0. The van der Waals surface area contributed by atoms with Crippen molar-refractivity contribution in [2.24, 2.45) is 5.92 Å². The minimum Gasteiger partial charge on any atom is -0.358 e. The summed E-state index contributed by atoms with van der Waals surface area (Å²) >= 11 is 1.63. The maximum Gasteiger partial charge on any atom is 0.243 e. The molecule has 0 fully saturated rings. The van der Waals surface area contributed by atoms with Crippen LogP contribution in [0.25, 0.3) is 22.3 Å². The summed E-state index contributed by atoms with van der Waals surface area (Å²) < 4.78 is 1.84. The lowest BCUT2D eigenvalue weighted by Crippen LogP contribution is -2.49. The predicted octanol–water partition coefficient (Wildman–Crippen LogP) is 4.65. The molecule has 3 heterocycles. The third-order valence-electron chi connectivity index (χ3n) is 8.36. The second-order valence-electron chi connectivity index (χ2n) is 11.9. The number of H-pyrrole nitrogens is 1. The number of fused-ring (bicyclic) bond motifs is 2. The maximum absolute atomic E-state index is 13.9. The maximum atomic E-state index is 13.9. The number of carbonyl (C=O) groups excluding carboxylic acids is 3. The summed E-state index contributed by atoms with van der Waals surface area (Å²) in [6, 6.07) is 16.7. The third-order valence-corrected chi connectivity index (χ3v) is 9.00. The number of nitrogens with zero attached hydrogens (tertiary/aromatic N) is 4. The van der Waals surface area contributed by atoms with Gasteiger partial charge in [0, 0.05) is 41.7 Å². The summed E-state index contributed by atoms with van der Waals surface area (Å²) in [6.07, 6.45) is 3.45. The molecule has 0 radical (unpaired) electrons. The van der Waals surface area contributed by atoms with Gasteiger partial charge in [0.1, 0.15) is 6.04 Å². The minimum atomic E-state index is -0.665.